The maximum Gasteiger partial charge on any atom is 0.252 e. The van der Waals surface area contributed by atoms with E-state index >= 15 is 0 Å². The topological polar surface area (TPSA) is 66.3 Å². The van der Waals surface area contributed by atoms with Crippen molar-refractivity contribution in [3.05, 3.63) is 23.0 Å². The normalized spacial score (nSPS) is 20.7. The van der Waals surface area contributed by atoms with E-state index in [1.165, 1.54) is 25.9 Å². The molecule has 2 aromatic rings. The summed E-state index contributed by atoms with van der Waals surface area (Å²) in [5.74, 6) is 0.00402. The number of hydrogen-bond donors (Lipinski definition) is 1. The van der Waals surface area contributed by atoms with E-state index < -0.39 is 0 Å². The van der Waals surface area contributed by atoms with Gasteiger partial charge in [-0.25, -0.2) is 4.98 Å². The van der Waals surface area contributed by atoms with Crippen molar-refractivity contribution in [2.75, 3.05) is 33.2 Å². The van der Waals surface area contributed by atoms with Crippen molar-refractivity contribution in [3.8, 4) is 0 Å². The number of pyridine rings is 1. The van der Waals surface area contributed by atoms with E-state index in [-0.39, 0.29) is 11.9 Å². The van der Waals surface area contributed by atoms with E-state index in [1.54, 1.807) is 4.68 Å². The van der Waals surface area contributed by atoms with E-state index in [1.807, 2.05) is 27.0 Å². The molecule has 28 heavy (non-hydrogen) atoms. The zero-order valence-corrected chi connectivity index (χ0v) is 17.5. The van der Waals surface area contributed by atoms with E-state index in [0.29, 0.717) is 11.6 Å². The smallest absolute Gasteiger partial charge is 0.252 e. The van der Waals surface area contributed by atoms with Crippen LogP contribution in [0.2, 0.25) is 0 Å². The summed E-state index contributed by atoms with van der Waals surface area (Å²) >= 11 is 0. The van der Waals surface area contributed by atoms with Crippen LogP contribution in [0.15, 0.2) is 6.07 Å². The molecule has 7 nitrogen and oxygen atoms in total. The summed E-state index contributed by atoms with van der Waals surface area (Å²) in [6, 6.07) is 2.85. The number of rotatable bonds is 3. The molecule has 0 radical (unpaired) electrons. The van der Waals surface area contributed by atoms with Crippen molar-refractivity contribution in [3.63, 3.8) is 0 Å². The molecule has 4 heterocycles. The minimum Gasteiger partial charge on any atom is -0.349 e. The lowest BCUT2D eigenvalue weighted by Crippen LogP contribution is -2.50. The second kappa shape index (κ2) is 7.79. The number of carbonyl (C=O) groups excluding carboxylic acids is 1. The van der Waals surface area contributed by atoms with E-state index in [0.717, 1.165) is 48.4 Å². The van der Waals surface area contributed by atoms with Gasteiger partial charge in [-0.15, -0.1) is 0 Å². The Hall–Kier alpha value is -1.99. The Kier molecular flexibility index (Phi) is 5.38. The predicted octanol–water partition coefficient (Wildman–Crippen LogP) is 1.87. The van der Waals surface area contributed by atoms with Crippen LogP contribution in [-0.4, -0.2) is 75.8 Å². The molecule has 0 spiro atoms. The first-order valence-electron chi connectivity index (χ1n) is 10.5. The first-order valence-corrected chi connectivity index (χ1v) is 10.5. The molecule has 0 unspecified atom stereocenters. The number of amides is 1. The van der Waals surface area contributed by atoms with Gasteiger partial charge in [0, 0.05) is 37.9 Å². The van der Waals surface area contributed by atoms with Gasteiger partial charge in [0.2, 0.25) is 0 Å². The number of hydrogen-bond acceptors (Lipinski definition) is 5. The third-order valence-corrected chi connectivity index (χ3v) is 6.41. The number of nitrogens with zero attached hydrogens (tertiary/aromatic N) is 5. The van der Waals surface area contributed by atoms with Crippen LogP contribution in [0.4, 0.5) is 0 Å². The molecular formula is C21H32N6O. The number of carbonyl (C=O) groups is 1. The highest BCUT2D eigenvalue weighted by Crippen LogP contribution is 2.23. The van der Waals surface area contributed by atoms with Crippen LogP contribution < -0.4 is 5.32 Å². The van der Waals surface area contributed by atoms with Crippen LogP contribution in [-0.2, 0) is 7.05 Å². The predicted molar refractivity (Wildman–Crippen MR) is 111 cm³/mol. The molecule has 4 rings (SSSR count). The molecule has 2 aromatic heterocycles. The quantitative estimate of drug-likeness (QED) is 0.875. The summed E-state index contributed by atoms with van der Waals surface area (Å²) in [5, 5.41) is 8.60. The van der Waals surface area contributed by atoms with Crippen LogP contribution in [0.1, 0.15) is 47.4 Å². The Labute approximate surface area is 167 Å². The zero-order valence-electron chi connectivity index (χ0n) is 17.5. The van der Waals surface area contributed by atoms with Crippen LogP contribution in [0.25, 0.3) is 11.0 Å². The van der Waals surface area contributed by atoms with Gasteiger partial charge in [-0.3, -0.25) is 9.48 Å². The van der Waals surface area contributed by atoms with E-state index in [9.17, 15) is 4.79 Å². The van der Waals surface area contributed by atoms with Gasteiger partial charge in [-0.05, 0) is 65.7 Å². The Morgan fingerprint density at radius 2 is 1.75 bits per heavy atom. The van der Waals surface area contributed by atoms with Crippen LogP contribution in [0.5, 0.6) is 0 Å². The fourth-order valence-electron chi connectivity index (χ4n) is 4.78. The summed E-state index contributed by atoms with van der Waals surface area (Å²) in [6.45, 7) is 8.42. The molecular weight excluding hydrogens is 352 g/mol. The molecule has 1 amide bonds. The Morgan fingerprint density at radius 3 is 2.43 bits per heavy atom. The lowest BCUT2D eigenvalue weighted by Gasteiger charge is -2.41. The van der Waals surface area contributed by atoms with Gasteiger partial charge in [-0.1, -0.05) is 0 Å². The molecule has 0 saturated carbocycles. The second-order valence-electron chi connectivity index (χ2n) is 8.54. The molecule has 2 saturated heterocycles. The van der Waals surface area contributed by atoms with Gasteiger partial charge in [0.1, 0.15) is 0 Å². The minimum absolute atomic E-state index is 0.00402. The van der Waals surface area contributed by atoms with Gasteiger partial charge >= 0.3 is 0 Å². The number of aryl methyl sites for hydroxylation is 3. The average molecular weight is 385 g/mol. The molecule has 7 heteroatoms. The molecule has 2 aliphatic heterocycles. The highest BCUT2D eigenvalue weighted by molar-refractivity contribution is 6.06. The molecule has 152 valence electrons. The number of aromatic nitrogens is 3. The summed E-state index contributed by atoms with van der Waals surface area (Å²) < 4.78 is 1.76. The highest BCUT2D eigenvalue weighted by atomic mass is 16.1. The fraction of sp³-hybridized carbons (Fsp3) is 0.667. The van der Waals surface area contributed by atoms with Gasteiger partial charge in [0.15, 0.2) is 5.65 Å². The van der Waals surface area contributed by atoms with Crippen molar-refractivity contribution < 1.29 is 4.79 Å². The lowest BCUT2D eigenvalue weighted by atomic mass is 9.97. The summed E-state index contributed by atoms with van der Waals surface area (Å²) in [6.07, 6.45) is 4.58. The summed E-state index contributed by atoms with van der Waals surface area (Å²) in [5.41, 5.74) is 3.18. The number of piperidine rings is 2. The fourth-order valence-corrected chi connectivity index (χ4v) is 4.78. The van der Waals surface area contributed by atoms with Crippen molar-refractivity contribution in [2.45, 2.75) is 51.6 Å². The van der Waals surface area contributed by atoms with Gasteiger partial charge in [0.25, 0.3) is 5.91 Å². The third-order valence-electron chi connectivity index (χ3n) is 6.41. The highest BCUT2D eigenvalue weighted by Gasteiger charge is 2.28. The van der Waals surface area contributed by atoms with Gasteiger partial charge in [-0.2, -0.15) is 5.10 Å². The second-order valence-corrected chi connectivity index (χ2v) is 8.54. The molecule has 2 aliphatic rings. The Morgan fingerprint density at radius 1 is 1.07 bits per heavy atom. The molecule has 0 aromatic carbocycles. The Bertz CT molecular complexity index is 859. The number of likely N-dealkylation sites (tertiary alicyclic amines) is 2. The van der Waals surface area contributed by atoms with E-state index in [4.69, 9.17) is 0 Å². The number of fused-ring (bicyclic) bond motifs is 1. The first kappa shape index (κ1) is 19.3. The molecule has 1 N–H and O–H groups in total. The summed E-state index contributed by atoms with van der Waals surface area (Å²) in [7, 11) is 4.09. The van der Waals surface area contributed by atoms with E-state index in [2.05, 4.69) is 32.2 Å². The molecule has 0 bridgehead atoms. The van der Waals surface area contributed by atoms with Crippen molar-refractivity contribution in [2.24, 2.45) is 7.05 Å². The maximum atomic E-state index is 13.1. The van der Waals surface area contributed by atoms with Crippen LogP contribution in [0.3, 0.4) is 0 Å². The van der Waals surface area contributed by atoms with Crippen LogP contribution in [0, 0.1) is 13.8 Å². The summed E-state index contributed by atoms with van der Waals surface area (Å²) in [4.78, 5) is 22.7. The monoisotopic (exact) mass is 384 g/mol. The molecule has 0 aliphatic carbocycles. The van der Waals surface area contributed by atoms with Crippen molar-refractivity contribution >= 4 is 16.9 Å². The largest absolute Gasteiger partial charge is 0.349 e. The maximum absolute atomic E-state index is 13.1. The Balaban J connectivity index is 1.41. The van der Waals surface area contributed by atoms with Crippen LogP contribution >= 0.6 is 0 Å². The van der Waals surface area contributed by atoms with Gasteiger partial charge in [0.05, 0.1) is 16.6 Å². The van der Waals surface area contributed by atoms with Crippen molar-refractivity contribution in [1.82, 2.24) is 29.9 Å². The average Bonchev–Trinajstić information content (AvgIpc) is 2.96. The number of nitrogens with one attached hydrogen (secondary N) is 1. The van der Waals surface area contributed by atoms with Gasteiger partial charge < -0.3 is 15.1 Å². The van der Waals surface area contributed by atoms with Crippen molar-refractivity contribution in [1.29, 1.82) is 0 Å². The first-order chi connectivity index (χ1) is 13.4. The zero-order chi connectivity index (χ0) is 19.8. The third kappa shape index (κ3) is 3.78. The molecule has 0 atom stereocenters. The lowest BCUT2D eigenvalue weighted by molar-refractivity contribution is 0.0808. The molecule has 2 fully saturated rings. The standard InChI is InChI=1S/C21H32N6O/c1-14-13-18(19-15(2)24-26(4)20(19)22-14)21(28)23-16-5-11-27(12-6-16)17-7-9-25(3)10-8-17/h13,16-17H,5-12H2,1-4H3,(H,23,28). The SMILES string of the molecule is Cc1cc(C(=O)NC2CCN(C3CCN(C)CC3)CC2)c2c(C)nn(C)c2n1. The minimum atomic E-state index is 0.00402.